The largest absolute Gasteiger partial charge is 0.292 e. The lowest BCUT2D eigenvalue weighted by Crippen LogP contribution is -2.52. The molecule has 4 atom stereocenters. The lowest BCUT2D eigenvalue weighted by Gasteiger charge is -2.30. The Kier molecular flexibility index (Phi) is 7.13. The monoisotopic (exact) mass is 609 g/mol. The lowest BCUT2D eigenvalue weighted by atomic mass is 9.81. The number of Topliss-reactive ketones (excluding diaryl/α,β-unsaturated/α-hetero) is 1. The number of non-ortho nitro benzene ring substituents is 1. The first-order chi connectivity index (χ1) is 16.6. The summed E-state index contributed by atoms with van der Waals surface area (Å²) in [7, 11) is 0. The highest BCUT2D eigenvalue weighted by atomic mass is 79.9. The number of hydrazine groups is 1. The van der Waals surface area contributed by atoms with E-state index in [1.807, 2.05) is 0 Å². The number of nitrogens with zero attached hydrogens (tertiary/aromatic N) is 3. The summed E-state index contributed by atoms with van der Waals surface area (Å²) in [5.74, 6) is -4.71. The minimum absolute atomic E-state index is 0.0674. The van der Waals surface area contributed by atoms with E-state index in [9.17, 15) is 33.7 Å². The van der Waals surface area contributed by atoms with Crippen molar-refractivity contribution in [2.75, 3.05) is 6.54 Å². The molecule has 1 aliphatic carbocycles. The summed E-state index contributed by atoms with van der Waals surface area (Å²) in [6, 6.07) is 9.41. The fraction of sp³-hybridized carbons (Fsp3) is 0.304. The summed E-state index contributed by atoms with van der Waals surface area (Å²) in [5.41, 5.74) is -0.461. The summed E-state index contributed by atoms with van der Waals surface area (Å²) in [5, 5.41) is 12.6. The normalized spacial score (nSPS) is 23.7. The molecule has 2 fully saturated rings. The molecule has 0 spiro atoms. The summed E-state index contributed by atoms with van der Waals surface area (Å²) < 4.78 is 13.3. The van der Waals surface area contributed by atoms with E-state index in [1.54, 1.807) is 0 Å². The summed E-state index contributed by atoms with van der Waals surface area (Å²) >= 11 is 7.00. The van der Waals surface area contributed by atoms with Gasteiger partial charge in [0, 0.05) is 32.9 Å². The molecule has 2 aromatic rings. The topological polar surface area (TPSA) is 118 Å². The number of fused-ring (bicyclic) bond motifs is 1. The molecule has 3 amide bonds. The number of rotatable bonds is 6. The van der Waals surface area contributed by atoms with Crippen molar-refractivity contribution in [2.24, 2.45) is 11.8 Å². The number of carbonyl (C=O) groups excluding carboxylic acids is 4. The number of amides is 3. The van der Waals surface area contributed by atoms with Crippen LogP contribution in [0.25, 0.3) is 0 Å². The molecule has 0 aromatic heterocycles. The maximum Gasteiger partial charge on any atom is 0.273 e. The molecule has 0 unspecified atom stereocenters. The summed E-state index contributed by atoms with van der Waals surface area (Å²) in [6.07, 6.45) is 0.707. The minimum atomic E-state index is -0.921. The predicted octanol–water partition coefficient (Wildman–Crippen LogP) is 3.90. The van der Waals surface area contributed by atoms with E-state index in [2.05, 4.69) is 31.9 Å². The third-order valence-electron chi connectivity index (χ3n) is 6.13. The zero-order chi connectivity index (χ0) is 25.4. The highest BCUT2D eigenvalue weighted by Crippen LogP contribution is 2.43. The Morgan fingerprint density at radius 2 is 1.57 bits per heavy atom. The molecule has 9 nitrogen and oxygen atoms in total. The second kappa shape index (κ2) is 9.94. The van der Waals surface area contributed by atoms with Crippen molar-refractivity contribution in [1.29, 1.82) is 0 Å². The molecule has 2 aliphatic rings. The fourth-order valence-corrected chi connectivity index (χ4v) is 5.55. The Morgan fingerprint density at radius 3 is 2.11 bits per heavy atom. The Hall–Kier alpha value is -2.99. The van der Waals surface area contributed by atoms with Crippen LogP contribution in [0.4, 0.5) is 10.1 Å². The van der Waals surface area contributed by atoms with Crippen LogP contribution in [0.2, 0.25) is 0 Å². The van der Waals surface area contributed by atoms with Crippen LogP contribution in [0.1, 0.15) is 33.6 Å². The number of hydrogen-bond acceptors (Lipinski definition) is 6. The average Bonchev–Trinajstić information content (AvgIpc) is 3.06. The molecule has 2 aromatic carbocycles. The molecule has 0 radical (unpaired) electrons. The number of hydrogen-bond donors (Lipinski definition) is 0. The van der Waals surface area contributed by atoms with Crippen LogP contribution in [-0.2, 0) is 9.59 Å². The van der Waals surface area contributed by atoms with Gasteiger partial charge in [-0.15, -0.1) is 0 Å². The molecule has 1 saturated heterocycles. The standard InChI is InChI=1S/C23H18Br2FN3O6/c24-18-9-16-17(10-19(18)25)23(33)28(22(16)32)27(11-20(30)12-4-6-14(26)7-5-12)21(31)13-2-1-3-15(8-13)29(34)35/h1-8,16-19H,9-11H2/t16-,17+,18+,19-. The van der Waals surface area contributed by atoms with Crippen molar-refractivity contribution in [3.8, 4) is 0 Å². The molecule has 35 heavy (non-hydrogen) atoms. The number of carbonyl (C=O) groups is 4. The fourth-order valence-electron chi connectivity index (χ4n) is 4.31. The Balaban J connectivity index is 1.72. The van der Waals surface area contributed by atoms with E-state index in [4.69, 9.17) is 0 Å². The number of nitro groups is 1. The first-order valence-electron chi connectivity index (χ1n) is 10.6. The van der Waals surface area contributed by atoms with E-state index in [0.29, 0.717) is 17.9 Å². The van der Waals surface area contributed by atoms with Crippen molar-refractivity contribution in [1.82, 2.24) is 10.0 Å². The van der Waals surface area contributed by atoms with Crippen molar-refractivity contribution in [3.05, 3.63) is 75.6 Å². The van der Waals surface area contributed by atoms with Gasteiger partial charge in [-0.1, -0.05) is 37.9 Å². The van der Waals surface area contributed by atoms with E-state index in [1.165, 1.54) is 30.3 Å². The minimum Gasteiger partial charge on any atom is -0.292 e. The van der Waals surface area contributed by atoms with Gasteiger partial charge in [0.15, 0.2) is 5.78 Å². The van der Waals surface area contributed by atoms with Gasteiger partial charge in [0.25, 0.3) is 23.4 Å². The second-order valence-corrected chi connectivity index (χ2v) is 10.7. The molecule has 0 N–H and O–H groups in total. The van der Waals surface area contributed by atoms with E-state index in [0.717, 1.165) is 23.2 Å². The van der Waals surface area contributed by atoms with Gasteiger partial charge in [-0.2, -0.15) is 5.01 Å². The van der Waals surface area contributed by atoms with Crippen LogP contribution in [0.5, 0.6) is 0 Å². The molecule has 0 bridgehead atoms. The van der Waals surface area contributed by atoms with Gasteiger partial charge in [0.05, 0.1) is 16.8 Å². The quantitative estimate of drug-likeness (QED) is 0.161. The van der Waals surface area contributed by atoms with Gasteiger partial charge in [-0.3, -0.25) is 29.3 Å². The summed E-state index contributed by atoms with van der Waals surface area (Å²) in [4.78, 5) is 63.5. The maximum atomic E-state index is 13.5. The number of alkyl halides is 2. The van der Waals surface area contributed by atoms with Crippen LogP contribution >= 0.6 is 31.9 Å². The number of benzene rings is 2. The molecular weight excluding hydrogens is 593 g/mol. The zero-order valence-corrected chi connectivity index (χ0v) is 21.1. The van der Waals surface area contributed by atoms with E-state index in [-0.39, 0.29) is 26.5 Å². The predicted molar refractivity (Wildman–Crippen MR) is 128 cm³/mol. The molecule has 1 saturated carbocycles. The van der Waals surface area contributed by atoms with Gasteiger partial charge in [-0.25, -0.2) is 9.40 Å². The third kappa shape index (κ3) is 4.90. The van der Waals surface area contributed by atoms with Gasteiger partial charge in [0.1, 0.15) is 12.4 Å². The van der Waals surface area contributed by atoms with Crippen LogP contribution in [-0.4, -0.2) is 54.6 Å². The number of halogens is 3. The van der Waals surface area contributed by atoms with Gasteiger partial charge in [0.2, 0.25) is 0 Å². The Bertz CT molecular complexity index is 1200. The Morgan fingerprint density at radius 1 is 1.00 bits per heavy atom. The van der Waals surface area contributed by atoms with Crippen molar-refractivity contribution >= 4 is 61.1 Å². The number of ketones is 1. The van der Waals surface area contributed by atoms with Crippen molar-refractivity contribution in [3.63, 3.8) is 0 Å². The van der Waals surface area contributed by atoms with E-state index < -0.39 is 52.6 Å². The highest BCUT2D eigenvalue weighted by Gasteiger charge is 2.54. The molecule has 1 heterocycles. The SMILES string of the molecule is O=C(CN(C(=O)c1cccc([N+](=O)[O-])c1)N1C(=O)[C@H]2C[C@@H](Br)[C@@H](Br)C[C@H]2C1=O)c1ccc(F)cc1. The zero-order valence-electron chi connectivity index (χ0n) is 18.0. The van der Waals surface area contributed by atoms with Crippen LogP contribution in [0.15, 0.2) is 48.5 Å². The van der Waals surface area contributed by atoms with Crippen molar-refractivity contribution in [2.45, 2.75) is 22.5 Å². The Labute approximate surface area is 215 Å². The maximum absolute atomic E-state index is 13.5. The molecule has 4 rings (SSSR count). The molecule has 12 heteroatoms. The molecular formula is C23H18Br2FN3O6. The first kappa shape index (κ1) is 25.1. The van der Waals surface area contributed by atoms with Gasteiger partial charge >= 0.3 is 0 Å². The third-order valence-corrected chi connectivity index (χ3v) is 8.86. The van der Waals surface area contributed by atoms with Crippen LogP contribution in [0.3, 0.4) is 0 Å². The second-order valence-electron chi connectivity index (χ2n) is 8.30. The number of nitro benzene ring substituents is 1. The molecule has 1 aliphatic heterocycles. The van der Waals surface area contributed by atoms with Crippen LogP contribution < -0.4 is 0 Å². The summed E-state index contributed by atoms with van der Waals surface area (Å²) in [6.45, 7) is -0.695. The number of imide groups is 1. The average molecular weight is 611 g/mol. The smallest absolute Gasteiger partial charge is 0.273 e. The van der Waals surface area contributed by atoms with Gasteiger partial charge < -0.3 is 0 Å². The molecule has 182 valence electrons. The van der Waals surface area contributed by atoms with Gasteiger partial charge in [-0.05, 0) is 43.2 Å². The lowest BCUT2D eigenvalue weighted by molar-refractivity contribution is -0.384. The first-order valence-corrected chi connectivity index (χ1v) is 12.4. The van der Waals surface area contributed by atoms with Crippen molar-refractivity contribution < 1.29 is 28.5 Å². The van der Waals surface area contributed by atoms with E-state index >= 15 is 0 Å². The highest BCUT2D eigenvalue weighted by molar-refractivity contribution is 9.12. The van der Waals surface area contributed by atoms with Crippen LogP contribution in [0, 0.1) is 27.8 Å².